The highest BCUT2D eigenvalue weighted by Gasteiger charge is 2.57. The number of rotatable bonds is 7. The van der Waals surface area contributed by atoms with E-state index in [1.165, 1.54) is 44.5 Å². The van der Waals surface area contributed by atoms with Crippen molar-refractivity contribution < 1.29 is 0 Å². The Hall–Kier alpha value is -2.12. The quantitative estimate of drug-likeness (QED) is 0.427. The second kappa shape index (κ2) is 7.85. The predicted octanol–water partition coefficient (Wildman–Crippen LogP) is 3.89. The van der Waals surface area contributed by atoms with Crippen molar-refractivity contribution in [1.82, 2.24) is 29.4 Å². The maximum absolute atomic E-state index is 4.39. The molecule has 5 rings (SSSR count). The van der Waals surface area contributed by atoms with Crippen LogP contribution in [-0.4, -0.2) is 54.8 Å². The Balaban J connectivity index is 1.09. The monoisotopic (exact) mass is 422 g/mol. The summed E-state index contributed by atoms with van der Waals surface area (Å²) < 4.78 is 3.91. The number of thioether (sulfide) groups is 1. The first kappa shape index (κ1) is 19.8. The van der Waals surface area contributed by atoms with Crippen LogP contribution >= 0.6 is 11.8 Å². The SMILES string of the molecule is Cc1ccc([C@@H]2C[C@@]23CCN(CCCSc2nnc(-c4ccnn4C)n2C)C3)cc1. The van der Waals surface area contributed by atoms with Crippen LogP contribution < -0.4 is 0 Å². The summed E-state index contributed by atoms with van der Waals surface area (Å²) in [6, 6.07) is 11.2. The van der Waals surface area contributed by atoms with Gasteiger partial charge in [0.1, 0.15) is 5.69 Å². The number of hydrogen-bond donors (Lipinski definition) is 0. The third-order valence-electron chi connectivity index (χ3n) is 6.87. The molecule has 2 aliphatic rings. The van der Waals surface area contributed by atoms with Gasteiger partial charge in [0, 0.05) is 32.6 Å². The lowest BCUT2D eigenvalue weighted by molar-refractivity contribution is 0.319. The van der Waals surface area contributed by atoms with Crippen molar-refractivity contribution >= 4 is 11.8 Å². The molecule has 1 saturated heterocycles. The van der Waals surface area contributed by atoms with Crippen LogP contribution in [0.3, 0.4) is 0 Å². The Morgan fingerprint density at radius 3 is 2.73 bits per heavy atom. The lowest BCUT2D eigenvalue weighted by atomic mass is 9.98. The highest BCUT2D eigenvalue weighted by atomic mass is 32.2. The van der Waals surface area contributed by atoms with E-state index in [2.05, 4.69) is 56.0 Å². The van der Waals surface area contributed by atoms with Gasteiger partial charge in [0.25, 0.3) is 0 Å². The molecule has 2 aromatic heterocycles. The van der Waals surface area contributed by atoms with Crippen molar-refractivity contribution in [3.63, 3.8) is 0 Å². The van der Waals surface area contributed by atoms with Crippen molar-refractivity contribution in [3.05, 3.63) is 47.7 Å². The maximum atomic E-state index is 4.39. The molecule has 0 radical (unpaired) electrons. The minimum absolute atomic E-state index is 0.560. The first-order valence-electron chi connectivity index (χ1n) is 10.9. The number of likely N-dealkylation sites (tertiary alicyclic amines) is 1. The number of benzene rings is 1. The largest absolute Gasteiger partial charge is 0.304 e. The van der Waals surface area contributed by atoms with Gasteiger partial charge in [-0.3, -0.25) is 4.68 Å². The van der Waals surface area contributed by atoms with Crippen LogP contribution in [0.5, 0.6) is 0 Å². The zero-order chi connectivity index (χ0) is 20.7. The van der Waals surface area contributed by atoms with Gasteiger partial charge < -0.3 is 9.47 Å². The molecule has 30 heavy (non-hydrogen) atoms. The molecule has 1 aromatic carbocycles. The number of hydrogen-bond acceptors (Lipinski definition) is 5. The summed E-state index contributed by atoms with van der Waals surface area (Å²) in [5.41, 5.74) is 4.45. The van der Waals surface area contributed by atoms with Crippen molar-refractivity contribution in [1.29, 1.82) is 0 Å². The minimum atomic E-state index is 0.560. The number of aromatic nitrogens is 5. The molecule has 2 fully saturated rings. The van der Waals surface area contributed by atoms with Crippen molar-refractivity contribution in [2.24, 2.45) is 19.5 Å². The number of nitrogens with zero attached hydrogens (tertiary/aromatic N) is 6. The van der Waals surface area contributed by atoms with Gasteiger partial charge in [-0.25, -0.2) is 0 Å². The van der Waals surface area contributed by atoms with E-state index in [4.69, 9.17) is 0 Å². The van der Waals surface area contributed by atoms with Crippen LogP contribution in [0.25, 0.3) is 11.5 Å². The van der Waals surface area contributed by atoms with Gasteiger partial charge >= 0.3 is 0 Å². The second-order valence-corrected chi connectivity index (χ2v) is 10.0. The summed E-state index contributed by atoms with van der Waals surface area (Å²) in [5.74, 6) is 2.72. The zero-order valence-corrected chi connectivity index (χ0v) is 18.9. The molecule has 1 aliphatic carbocycles. The first-order valence-corrected chi connectivity index (χ1v) is 11.8. The van der Waals surface area contributed by atoms with E-state index in [1.54, 1.807) is 23.5 Å². The van der Waals surface area contributed by atoms with E-state index in [0.717, 1.165) is 28.3 Å². The molecule has 2 atom stereocenters. The van der Waals surface area contributed by atoms with E-state index in [1.807, 2.05) is 24.8 Å². The van der Waals surface area contributed by atoms with E-state index < -0.39 is 0 Å². The highest BCUT2D eigenvalue weighted by Crippen LogP contribution is 2.64. The van der Waals surface area contributed by atoms with Gasteiger partial charge in [-0.05, 0) is 62.2 Å². The summed E-state index contributed by atoms with van der Waals surface area (Å²) in [7, 11) is 3.97. The molecular weight excluding hydrogens is 392 g/mol. The van der Waals surface area contributed by atoms with Crippen molar-refractivity contribution in [3.8, 4) is 11.5 Å². The average Bonchev–Trinajstić information content (AvgIpc) is 3.03. The van der Waals surface area contributed by atoms with Gasteiger partial charge in [0.15, 0.2) is 11.0 Å². The number of aryl methyl sites for hydroxylation is 2. The van der Waals surface area contributed by atoms with E-state index >= 15 is 0 Å². The van der Waals surface area contributed by atoms with Gasteiger partial charge in [0.05, 0.1) is 0 Å². The van der Waals surface area contributed by atoms with E-state index in [9.17, 15) is 0 Å². The van der Waals surface area contributed by atoms with Crippen LogP contribution in [0.15, 0.2) is 41.7 Å². The van der Waals surface area contributed by atoms with Gasteiger partial charge in [-0.15, -0.1) is 10.2 Å². The third-order valence-corrected chi connectivity index (χ3v) is 7.98. The average molecular weight is 423 g/mol. The molecule has 7 heteroatoms. The van der Waals surface area contributed by atoms with Gasteiger partial charge in [0.2, 0.25) is 0 Å². The topological polar surface area (TPSA) is 51.8 Å². The second-order valence-electron chi connectivity index (χ2n) is 8.96. The zero-order valence-electron chi connectivity index (χ0n) is 18.1. The Morgan fingerprint density at radius 2 is 1.97 bits per heavy atom. The molecule has 158 valence electrons. The fraction of sp³-hybridized carbons (Fsp3) is 0.522. The summed E-state index contributed by atoms with van der Waals surface area (Å²) in [4.78, 5) is 2.67. The van der Waals surface area contributed by atoms with Crippen LogP contribution in [0.4, 0.5) is 0 Å². The first-order chi connectivity index (χ1) is 14.6. The Labute approximate surface area is 182 Å². The standard InChI is InChI=1S/C23H30N6S/c1-17-5-7-18(8-6-17)19-15-23(19)10-13-29(16-23)12-4-14-30-22-26-25-21(27(22)2)20-9-11-24-28(20)3/h5-9,11,19H,4,10,12-16H2,1-3H3/t19-,23+/m0/s1. The van der Waals surface area contributed by atoms with Gasteiger partial charge in [-0.2, -0.15) is 5.10 Å². The van der Waals surface area contributed by atoms with Gasteiger partial charge in [-0.1, -0.05) is 41.6 Å². The Morgan fingerprint density at radius 1 is 1.13 bits per heavy atom. The summed E-state index contributed by atoms with van der Waals surface area (Å²) in [6.07, 6.45) is 5.71. The van der Waals surface area contributed by atoms with Crippen LogP contribution in [-0.2, 0) is 14.1 Å². The third kappa shape index (κ3) is 3.69. The molecule has 1 saturated carbocycles. The Kier molecular flexibility index (Phi) is 5.19. The molecule has 0 N–H and O–H groups in total. The normalized spacial score (nSPS) is 23.5. The Bertz CT molecular complexity index is 1020. The summed E-state index contributed by atoms with van der Waals surface area (Å²) in [5, 5.41) is 14.0. The molecular formula is C23H30N6S. The van der Waals surface area contributed by atoms with Crippen LogP contribution in [0.1, 0.15) is 36.3 Å². The molecule has 1 spiro atoms. The molecule has 6 nitrogen and oxygen atoms in total. The summed E-state index contributed by atoms with van der Waals surface area (Å²) in [6.45, 7) is 5.87. The van der Waals surface area contributed by atoms with Crippen molar-refractivity contribution in [2.45, 2.75) is 37.3 Å². The predicted molar refractivity (Wildman–Crippen MR) is 121 cm³/mol. The molecule has 0 unspecified atom stereocenters. The minimum Gasteiger partial charge on any atom is -0.304 e. The van der Waals surface area contributed by atoms with Crippen LogP contribution in [0.2, 0.25) is 0 Å². The fourth-order valence-electron chi connectivity index (χ4n) is 4.95. The smallest absolute Gasteiger partial charge is 0.191 e. The lowest BCUT2D eigenvalue weighted by Gasteiger charge is -2.16. The maximum Gasteiger partial charge on any atom is 0.191 e. The molecule has 0 amide bonds. The molecule has 3 aromatic rings. The molecule has 0 bridgehead atoms. The molecule has 3 heterocycles. The lowest BCUT2D eigenvalue weighted by Crippen LogP contribution is -2.23. The van der Waals surface area contributed by atoms with E-state index in [-0.39, 0.29) is 0 Å². The molecule has 1 aliphatic heterocycles. The van der Waals surface area contributed by atoms with Crippen LogP contribution in [0, 0.1) is 12.3 Å². The fourth-order valence-corrected chi connectivity index (χ4v) is 5.79. The summed E-state index contributed by atoms with van der Waals surface area (Å²) >= 11 is 1.80. The highest BCUT2D eigenvalue weighted by molar-refractivity contribution is 7.99. The van der Waals surface area contributed by atoms with Crippen molar-refractivity contribution in [2.75, 3.05) is 25.4 Å². The van der Waals surface area contributed by atoms with E-state index in [0.29, 0.717) is 5.41 Å².